The Hall–Kier alpha value is -2.11. The Morgan fingerprint density at radius 2 is 2.41 bits per heavy atom. The van der Waals surface area contributed by atoms with E-state index >= 15 is 0 Å². The highest BCUT2D eigenvalue weighted by Gasteiger charge is 2.28. The number of rotatable bonds is 4. The number of piperidine rings is 1. The third kappa shape index (κ3) is 3.21. The molecule has 1 aliphatic heterocycles. The van der Waals surface area contributed by atoms with Crippen LogP contribution >= 0.6 is 0 Å². The fraction of sp³-hybridized carbons (Fsp3) is 0.562. The average molecular weight is 302 g/mol. The summed E-state index contributed by atoms with van der Waals surface area (Å²) >= 11 is 0. The molecule has 1 amide bonds. The largest absolute Gasteiger partial charge is 0.351 e. The highest BCUT2D eigenvalue weighted by atomic mass is 16.5. The summed E-state index contributed by atoms with van der Waals surface area (Å²) in [5.74, 6) is 1.99. The molecule has 1 fully saturated rings. The first-order valence-electron chi connectivity index (χ1n) is 7.87. The second-order valence-corrected chi connectivity index (χ2v) is 6.35. The number of likely N-dealkylation sites (tertiary alicyclic amines) is 1. The van der Waals surface area contributed by atoms with Crippen molar-refractivity contribution in [2.75, 3.05) is 13.1 Å². The molecule has 1 saturated heterocycles. The van der Waals surface area contributed by atoms with Crippen molar-refractivity contribution in [3.63, 3.8) is 0 Å². The van der Waals surface area contributed by atoms with Crippen molar-refractivity contribution in [2.24, 2.45) is 5.92 Å². The molecular weight excluding hydrogens is 280 g/mol. The first-order chi connectivity index (χ1) is 10.6. The van der Waals surface area contributed by atoms with Crippen LogP contribution < -0.4 is 0 Å². The third-order valence-electron chi connectivity index (χ3n) is 4.00. The van der Waals surface area contributed by atoms with Crippen LogP contribution in [0.1, 0.15) is 54.7 Å². The number of nitrogens with zero attached hydrogens (tertiary/aromatic N) is 3. The lowest BCUT2D eigenvalue weighted by Gasteiger charge is -2.31. The quantitative estimate of drug-likeness (QED) is 0.942. The number of H-pyrrole nitrogens is 1. The lowest BCUT2D eigenvalue weighted by atomic mass is 9.97. The van der Waals surface area contributed by atoms with Crippen LogP contribution in [0.4, 0.5) is 0 Å². The van der Waals surface area contributed by atoms with Crippen molar-refractivity contribution in [3.8, 4) is 0 Å². The van der Waals surface area contributed by atoms with Gasteiger partial charge in [0.25, 0.3) is 5.91 Å². The summed E-state index contributed by atoms with van der Waals surface area (Å²) in [4.78, 5) is 21.9. The van der Waals surface area contributed by atoms with Gasteiger partial charge in [0.05, 0.1) is 5.69 Å². The van der Waals surface area contributed by atoms with E-state index < -0.39 is 0 Å². The Kier molecular flexibility index (Phi) is 4.27. The first kappa shape index (κ1) is 14.8. The molecule has 1 unspecified atom stereocenters. The zero-order chi connectivity index (χ0) is 15.5. The summed E-state index contributed by atoms with van der Waals surface area (Å²) < 4.78 is 5.24. The zero-order valence-electron chi connectivity index (χ0n) is 13.1. The number of aromatic amines is 1. The van der Waals surface area contributed by atoms with Crippen LogP contribution in [0, 0.1) is 5.92 Å². The minimum absolute atomic E-state index is 0.0706. The van der Waals surface area contributed by atoms with E-state index in [2.05, 4.69) is 29.0 Å². The lowest BCUT2D eigenvalue weighted by Crippen LogP contribution is -2.39. The van der Waals surface area contributed by atoms with Crippen LogP contribution in [0.2, 0.25) is 0 Å². The summed E-state index contributed by atoms with van der Waals surface area (Å²) in [5, 5.41) is 4.00. The van der Waals surface area contributed by atoms with Crippen molar-refractivity contribution in [3.05, 3.63) is 35.7 Å². The molecule has 118 valence electrons. The van der Waals surface area contributed by atoms with Crippen LogP contribution in [0.5, 0.6) is 0 Å². The standard InChI is InChI=1S/C16H22N4O2/c1-11(2)8-13-9-14(22-19-13)16(21)20-7-3-4-12(10-20)15-17-5-6-18-15/h5-6,9,11-12H,3-4,7-8,10H2,1-2H3,(H,17,18). The van der Waals surface area contributed by atoms with Gasteiger partial charge in [-0.2, -0.15) is 0 Å². The van der Waals surface area contributed by atoms with Gasteiger partial charge in [0, 0.05) is 37.5 Å². The van der Waals surface area contributed by atoms with Gasteiger partial charge >= 0.3 is 0 Å². The topological polar surface area (TPSA) is 75.0 Å². The number of carbonyl (C=O) groups is 1. The molecular formula is C16H22N4O2. The van der Waals surface area contributed by atoms with Gasteiger partial charge in [-0.1, -0.05) is 19.0 Å². The highest BCUT2D eigenvalue weighted by Crippen LogP contribution is 2.25. The molecule has 0 saturated carbocycles. The average Bonchev–Trinajstić information content (AvgIpc) is 3.17. The fourth-order valence-electron chi connectivity index (χ4n) is 2.97. The maximum absolute atomic E-state index is 12.6. The summed E-state index contributed by atoms with van der Waals surface area (Å²) in [6, 6.07) is 1.78. The second-order valence-electron chi connectivity index (χ2n) is 6.35. The molecule has 1 atom stereocenters. The van der Waals surface area contributed by atoms with Gasteiger partial charge in [-0.25, -0.2) is 4.98 Å². The van der Waals surface area contributed by atoms with E-state index in [1.54, 1.807) is 12.3 Å². The van der Waals surface area contributed by atoms with Gasteiger partial charge in [0.15, 0.2) is 0 Å². The molecule has 6 heteroatoms. The Morgan fingerprint density at radius 3 is 3.14 bits per heavy atom. The maximum atomic E-state index is 12.6. The number of nitrogens with one attached hydrogen (secondary N) is 1. The number of hydrogen-bond donors (Lipinski definition) is 1. The third-order valence-corrected chi connectivity index (χ3v) is 4.00. The smallest absolute Gasteiger partial charge is 0.292 e. The molecule has 6 nitrogen and oxygen atoms in total. The molecule has 2 aromatic rings. The van der Waals surface area contributed by atoms with Crippen LogP contribution in [-0.4, -0.2) is 39.0 Å². The predicted octanol–water partition coefficient (Wildman–Crippen LogP) is 2.62. The Labute approximate surface area is 129 Å². The number of imidazole rings is 1. The lowest BCUT2D eigenvalue weighted by molar-refractivity contribution is 0.0662. The normalized spacial score (nSPS) is 18.9. The molecule has 0 aromatic carbocycles. The molecule has 0 spiro atoms. The van der Waals surface area contributed by atoms with Crippen molar-refractivity contribution in [1.29, 1.82) is 0 Å². The highest BCUT2D eigenvalue weighted by molar-refractivity contribution is 5.91. The zero-order valence-corrected chi connectivity index (χ0v) is 13.1. The molecule has 0 radical (unpaired) electrons. The van der Waals surface area contributed by atoms with Crippen LogP contribution in [0.25, 0.3) is 0 Å². The molecule has 3 heterocycles. The van der Waals surface area contributed by atoms with E-state index in [0.717, 1.165) is 37.3 Å². The van der Waals surface area contributed by atoms with E-state index in [9.17, 15) is 4.79 Å². The second kappa shape index (κ2) is 6.34. The fourth-order valence-corrected chi connectivity index (χ4v) is 2.97. The number of carbonyl (C=O) groups excluding carboxylic acids is 1. The van der Waals surface area contributed by atoms with Crippen LogP contribution in [0.3, 0.4) is 0 Å². The summed E-state index contributed by atoms with van der Waals surface area (Å²) in [5.41, 5.74) is 0.845. The SMILES string of the molecule is CC(C)Cc1cc(C(=O)N2CCCC(c3ncc[nH]3)C2)on1. The van der Waals surface area contributed by atoms with E-state index in [1.165, 1.54) is 0 Å². The van der Waals surface area contributed by atoms with Gasteiger partial charge in [0.2, 0.25) is 5.76 Å². The van der Waals surface area contributed by atoms with Gasteiger partial charge in [-0.3, -0.25) is 4.79 Å². The van der Waals surface area contributed by atoms with Crippen molar-refractivity contribution < 1.29 is 9.32 Å². The molecule has 1 aliphatic rings. The van der Waals surface area contributed by atoms with E-state index in [1.807, 2.05) is 11.1 Å². The van der Waals surface area contributed by atoms with Gasteiger partial charge in [-0.05, 0) is 25.2 Å². The summed E-state index contributed by atoms with van der Waals surface area (Å²) in [7, 11) is 0. The summed E-state index contributed by atoms with van der Waals surface area (Å²) in [6.45, 7) is 5.67. The minimum atomic E-state index is -0.0706. The van der Waals surface area contributed by atoms with Crippen molar-refractivity contribution >= 4 is 5.91 Å². The Balaban J connectivity index is 1.67. The van der Waals surface area contributed by atoms with Gasteiger partial charge in [-0.15, -0.1) is 0 Å². The number of hydrogen-bond acceptors (Lipinski definition) is 4. The Morgan fingerprint density at radius 1 is 1.55 bits per heavy atom. The predicted molar refractivity (Wildman–Crippen MR) is 81.5 cm³/mol. The van der Waals surface area contributed by atoms with Crippen molar-refractivity contribution in [2.45, 2.75) is 39.0 Å². The van der Waals surface area contributed by atoms with Gasteiger partial charge in [0.1, 0.15) is 5.82 Å². The van der Waals surface area contributed by atoms with Crippen molar-refractivity contribution in [1.82, 2.24) is 20.0 Å². The molecule has 1 N–H and O–H groups in total. The Bertz CT molecular complexity index is 618. The molecule has 0 aliphatic carbocycles. The van der Waals surface area contributed by atoms with E-state index in [0.29, 0.717) is 18.2 Å². The minimum Gasteiger partial charge on any atom is -0.351 e. The number of amides is 1. The molecule has 0 bridgehead atoms. The monoisotopic (exact) mass is 302 g/mol. The van der Waals surface area contributed by atoms with Gasteiger partial charge < -0.3 is 14.4 Å². The molecule has 22 heavy (non-hydrogen) atoms. The van der Waals surface area contributed by atoms with E-state index in [4.69, 9.17) is 4.52 Å². The van der Waals surface area contributed by atoms with E-state index in [-0.39, 0.29) is 11.8 Å². The molecule has 2 aromatic heterocycles. The first-order valence-corrected chi connectivity index (χ1v) is 7.87. The van der Waals surface area contributed by atoms with Crippen LogP contribution in [0.15, 0.2) is 23.0 Å². The maximum Gasteiger partial charge on any atom is 0.292 e. The molecule has 3 rings (SSSR count). The van der Waals surface area contributed by atoms with Crippen LogP contribution in [-0.2, 0) is 6.42 Å². The number of aromatic nitrogens is 3. The summed E-state index contributed by atoms with van der Waals surface area (Å²) in [6.07, 6.45) is 6.43.